The maximum atomic E-state index is 11.6. The highest BCUT2D eigenvalue weighted by Gasteiger charge is 2.19. The second kappa shape index (κ2) is 11.0. The van der Waals surface area contributed by atoms with Crippen molar-refractivity contribution >= 4 is 5.97 Å². The molecule has 1 atom stereocenters. The zero-order chi connectivity index (χ0) is 18.6. The average Bonchev–Trinajstić information content (AvgIpc) is 2.67. The lowest BCUT2D eigenvalue weighted by Crippen LogP contribution is -2.28. The first-order valence-electron chi connectivity index (χ1n) is 8.86. The van der Waals surface area contributed by atoms with Crippen LogP contribution in [0.15, 0.2) is 79.7 Å². The molecule has 0 spiro atoms. The molecule has 1 heterocycles. The van der Waals surface area contributed by atoms with Gasteiger partial charge in [0, 0.05) is 37.6 Å². The van der Waals surface area contributed by atoms with Crippen molar-refractivity contribution in [2.75, 3.05) is 13.2 Å². The van der Waals surface area contributed by atoms with Crippen LogP contribution in [-0.2, 0) is 16.1 Å². The molecule has 0 aliphatic heterocycles. The standard InChI is InChI=1S/C22H26N2O2/c1-3-16-24(18-19-10-6-5-7-11-19)21(20-12-9-15-23-17-20)13-8-14-22(25)26-4-2/h3,5-12,14-15,17,21H,1,4,13,16,18H2,2H3/b14-8+. The maximum absolute atomic E-state index is 11.6. The topological polar surface area (TPSA) is 42.4 Å². The van der Waals surface area contributed by atoms with Gasteiger partial charge in [0.25, 0.3) is 0 Å². The fourth-order valence-corrected chi connectivity index (χ4v) is 2.84. The second-order valence-electron chi connectivity index (χ2n) is 5.90. The molecule has 4 heteroatoms. The molecule has 0 amide bonds. The molecule has 2 rings (SSSR count). The lowest BCUT2D eigenvalue weighted by atomic mass is 10.0. The van der Waals surface area contributed by atoms with Crippen LogP contribution in [0.4, 0.5) is 0 Å². The minimum Gasteiger partial charge on any atom is -0.463 e. The number of esters is 1. The maximum Gasteiger partial charge on any atom is 0.330 e. The largest absolute Gasteiger partial charge is 0.463 e. The van der Waals surface area contributed by atoms with Crippen molar-refractivity contribution in [3.8, 4) is 0 Å². The van der Waals surface area contributed by atoms with Gasteiger partial charge in [0.15, 0.2) is 0 Å². The molecule has 26 heavy (non-hydrogen) atoms. The van der Waals surface area contributed by atoms with E-state index in [0.29, 0.717) is 13.0 Å². The zero-order valence-corrected chi connectivity index (χ0v) is 15.3. The number of rotatable bonds is 10. The Balaban J connectivity index is 2.21. The Labute approximate surface area is 155 Å². The molecular weight excluding hydrogens is 324 g/mol. The zero-order valence-electron chi connectivity index (χ0n) is 15.3. The molecule has 136 valence electrons. The number of nitrogens with zero attached hydrogens (tertiary/aromatic N) is 2. The van der Waals surface area contributed by atoms with E-state index >= 15 is 0 Å². The fraction of sp³-hybridized carbons (Fsp3) is 0.273. The Bertz CT molecular complexity index is 699. The van der Waals surface area contributed by atoms with E-state index in [1.165, 1.54) is 11.6 Å². The summed E-state index contributed by atoms with van der Waals surface area (Å²) < 4.78 is 4.97. The van der Waals surface area contributed by atoms with Gasteiger partial charge in [-0.05, 0) is 30.5 Å². The Morgan fingerprint density at radius 1 is 1.27 bits per heavy atom. The van der Waals surface area contributed by atoms with E-state index in [0.717, 1.165) is 18.7 Å². The third-order valence-electron chi connectivity index (χ3n) is 4.00. The van der Waals surface area contributed by atoms with Crippen LogP contribution >= 0.6 is 0 Å². The molecule has 0 aliphatic rings. The SMILES string of the molecule is C=CCN(Cc1ccccc1)C(C/C=C/C(=O)OCC)c1cccnc1. The number of benzene rings is 1. The van der Waals surface area contributed by atoms with Crippen LogP contribution < -0.4 is 0 Å². The Hall–Kier alpha value is -2.72. The van der Waals surface area contributed by atoms with E-state index < -0.39 is 0 Å². The van der Waals surface area contributed by atoms with Crippen LogP contribution in [0.1, 0.15) is 30.5 Å². The summed E-state index contributed by atoms with van der Waals surface area (Å²) in [6, 6.07) is 14.4. The van der Waals surface area contributed by atoms with Gasteiger partial charge >= 0.3 is 5.97 Å². The van der Waals surface area contributed by atoms with E-state index in [1.807, 2.05) is 42.6 Å². The van der Waals surface area contributed by atoms with Crippen molar-refractivity contribution in [1.29, 1.82) is 0 Å². The molecule has 1 aromatic carbocycles. The summed E-state index contributed by atoms with van der Waals surface area (Å²) in [5.41, 5.74) is 2.34. The van der Waals surface area contributed by atoms with Crippen LogP contribution in [-0.4, -0.2) is 29.0 Å². The van der Waals surface area contributed by atoms with Crippen molar-refractivity contribution in [1.82, 2.24) is 9.88 Å². The molecule has 0 aliphatic carbocycles. The molecule has 0 fully saturated rings. The highest BCUT2D eigenvalue weighted by atomic mass is 16.5. The van der Waals surface area contributed by atoms with Gasteiger partial charge < -0.3 is 4.74 Å². The first-order chi connectivity index (χ1) is 12.7. The van der Waals surface area contributed by atoms with Gasteiger partial charge in [0.05, 0.1) is 6.61 Å². The van der Waals surface area contributed by atoms with Crippen molar-refractivity contribution in [3.05, 3.63) is 90.8 Å². The van der Waals surface area contributed by atoms with E-state index in [2.05, 4.69) is 34.7 Å². The van der Waals surface area contributed by atoms with Crippen molar-refractivity contribution < 1.29 is 9.53 Å². The summed E-state index contributed by atoms with van der Waals surface area (Å²) in [4.78, 5) is 18.2. The molecule has 1 aromatic heterocycles. The van der Waals surface area contributed by atoms with E-state index in [4.69, 9.17) is 4.74 Å². The Kier molecular flexibility index (Phi) is 8.30. The highest BCUT2D eigenvalue weighted by Crippen LogP contribution is 2.26. The first kappa shape index (κ1) is 19.6. The van der Waals surface area contributed by atoms with Crippen LogP contribution in [0.3, 0.4) is 0 Å². The van der Waals surface area contributed by atoms with Gasteiger partial charge in [-0.3, -0.25) is 9.88 Å². The summed E-state index contributed by atoms with van der Waals surface area (Å²) in [6.45, 7) is 7.61. The minimum absolute atomic E-state index is 0.0904. The van der Waals surface area contributed by atoms with Gasteiger partial charge in [-0.1, -0.05) is 48.6 Å². The lowest BCUT2D eigenvalue weighted by molar-refractivity contribution is -0.137. The third kappa shape index (κ3) is 6.30. The predicted octanol–water partition coefficient (Wildman–Crippen LogP) is 4.32. The van der Waals surface area contributed by atoms with Crippen molar-refractivity contribution in [2.24, 2.45) is 0 Å². The average molecular weight is 350 g/mol. The lowest BCUT2D eigenvalue weighted by Gasteiger charge is -2.30. The minimum atomic E-state index is -0.309. The summed E-state index contributed by atoms with van der Waals surface area (Å²) in [5, 5.41) is 0. The summed E-state index contributed by atoms with van der Waals surface area (Å²) in [6.07, 6.45) is 9.61. The first-order valence-corrected chi connectivity index (χ1v) is 8.86. The molecule has 2 aromatic rings. The van der Waals surface area contributed by atoms with E-state index in [-0.39, 0.29) is 12.0 Å². The number of ether oxygens (including phenoxy) is 1. The highest BCUT2D eigenvalue weighted by molar-refractivity contribution is 5.81. The third-order valence-corrected chi connectivity index (χ3v) is 4.00. The monoisotopic (exact) mass is 350 g/mol. The Morgan fingerprint density at radius 2 is 2.08 bits per heavy atom. The van der Waals surface area contributed by atoms with Crippen LogP contribution in [0, 0.1) is 0 Å². The van der Waals surface area contributed by atoms with Gasteiger partial charge in [0.2, 0.25) is 0 Å². The quantitative estimate of drug-likeness (QED) is 0.364. The van der Waals surface area contributed by atoms with Crippen LogP contribution in [0.2, 0.25) is 0 Å². The molecule has 0 N–H and O–H groups in total. The van der Waals surface area contributed by atoms with Crippen molar-refractivity contribution in [3.63, 3.8) is 0 Å². The summed E-state index contributed by atoms with van der Waals surface area (Å²) in [5.74, 6) is -0.309. The number of aromatic nitrogens is 1. The van der Waals surface area contributed by atoms with Gasteiger partial charge in [-0.2, -0.15) is 0 Å². The van der Waals surface area contributed by atoms with E-state index in [1.54, 1.807) is 13.1 Å². The molecule has 0 radical (unpaired) electrons. The number of carbonyl (C=O) groups is 1. The van der Waals surface area contributed by atoms with Gasteiger partial charge in [-0.15, -0.1) is 6.58 Å². The molecular formula is C22H26N2O2. The smallest absolute Gasteiger partial charge is 0.330 e. The fourth-order valence-electron chi connectivity index (χ4n) is 2.84. The molecule has 0 saturated heterocycles. The summed E-state index contributed by atoms with van der Waals surface area (Å²) >= 11 is 0. The number of hydrogen-bond acceptors (Lipinski definition) is 4. The van der Waals surface area contributed by atoms with Gasteiger partial charge in [-0.25, -0.2) is 4.79 Å². The predicted molar refractivity (Wildman–Crippen MR) is 104 cm³/mol. The molecule has 0 bridgehead atoms. The van der Waals surface area contributed by atoms with Gasteiger partial charge in [0.1, 0.15) is 0 Å². The number of carbonyl (C=O) groups excluding carboxylic acids is 1. The molecule has 4 nitrogen and oxygen atoms in total. The number of hydrogen-bond donors (Lipinski definition) is 0. The molecule has 0 saturated carbocycles. The van der Waals surface area contributed by atoms with Crippen LogP contribution in [0.25, 0.3) is 0 Å². The summed E-state index contributed by atoms with van der Waals surface area (Å²) in [7, 11) is 0. The van der Waals surface area contributed by atoms with Crippen LogP contribution in [0.5, 0.6) is 0 Å². The Morgan fingerprint density at radius 3 is 2.73 bits per heavy atom. The van der Waals surface area contributed by atoms with Crippen molar-refractivity contribution in [2.45, 2.75) is 25.9 Å². The molecule has 1 unspecified atom stereocenters. The number of pyridine rings is 1. The second-order valence-corrected chi connectivity index (χ2v) is 5.90. The van der Waals surface area contributed by atoms with E-state index in [9.17, 15) is 4.79 Å². The normalized spacial score (nSPS) is 12.2.